The highest BCUT2D eigenvalue weighted by Gasteiger charge is 2.16. The third kappa shape index (κ3) is 5.09. The Balaban J connectivity index is 1.51. The molecule has 0 saturated carbocycles. The number of carbonyl (C=O) groups is 1. The molecule has 30 heavy (non-hydrogen) atoms. The number of allylic oxidation sites excluding steroid dienone is 1. The number of aromatic nitrogens is 1. The summed E-state index contributed by atoms with van der Waals surface area (Å²) in [5.74, 6) is -0.0236. The minimum Gasteiger partial charge on any atom is -0.390 e. The lowest BCUT2D eigenvalue weighted by Crippen LogP contribution is -2.37. The minimum atomic E-state index is -0.417. The van der Waals surface area contributed by atoms with E-state index in [-0.39, 0.29) is 5.78 Å². The van der Waals surface area contributed by atoms with E-state index in [0.29, 0.717) is 18.7 Å². The summed E-state index contributed by atoms with van der Waals surface area (Å²) in [6, 6.07) is 15.5. The van der Waals surface area contributed by atoms with Gasteiger partial charge in [0.05, 0.1) is 6.10 Å². The third-order valence-corrected chi connectivity index (χ3v) is 6.22. The largest absolute Gasteiger partial charge is 0.390 e. The second kappa shape index (κ2) is 9.73. The molecule has 1 N–H and O–H groups in total. The van der Waals surface area contributed by atoms with Crippen LogP contribution in [0.4, 0.5) is 0 Å². The number of likely N-dealkylation sites (tertiary alicyclic amines) is 1. The van der Waals surface area contributed by atoms with Crippen LogP contribution in [0.25, 0.3) is 17.0 Å². The van der Waals surface area contributed by atoms with Gasteiger partial charge in [-0.3, -0.25) is 4.79 Å². The van der Waals surface area contributed by atoms with E-state index in [0.717, 1.165) is 34.0 Å². The topological polar surface area (TPSA) is 45.5 Å². The Kier molecular flexibility index (Phi) is 6.82. The van der Waals surface area contributed by atoms with Gasteiger partial charge in [-0.2, -0.15) is 0 Å². The van der Waals surface area contributed by atoms with Gasteiger partial charge in [-0.15, -0.1) is 0 Å². The number of fused-ring (bicyclic) bond motifs is 1. The lowest BCUT2D eigenvalue weighted by Gasteiger charge is -2.28. The van der Waals surface area contributed by atoms with Crippen molar-refractivity contribution >= 4 is 38.7 Å². The number of rotatable bonds is 7. The van der Waals surface area contributed by atoms with Crippen molar-refractivity contribution in [2.24, 2.45) is 0 Å². The van der Waals surface area contributed by atoms with Crippen molar-refractivity contribution in [2.45, 2.75) is 31.9 Å². The van der Waals surface area contributed by atoms with Crippen LogP contribution in [0.3, 0.4) is 0 Å². The highest BCUT2D eigenvalue weighted by Crippen LogP contribution is 2.23. The summed E-state index contributed by atoms with van der Waals surface area (Å²) in [7, 11) is 0. The van der Waals surface area contributed by atoms with Crippen LogP contribution in [0, 0.1) is 0 Å². The molecule has 0 radical (unpaired) electrons. The molecule has 2 heterocycles. The molecule has 1 fully saturated rings. The maximum absolute atomic E-state index is 12.5. The van der Waals surface area contributed by atoms with Gasteiger partial charge in [0.1, 0.15) is 0 Å². The van der Waals surface area contributed by atoms with Crippen molar-refractivity contribution in [1.29, 1.82) is 0 Å². The first-order chi connectivity index (χ1) is 14.6. The van der Waals surface area contributed by atoms with E-state index in [1.54, 1.807) is 6.08 Å². The molecule has 5 heteroatoms. The van der Waals surface area contributed by atoms with Gasteiger partial charge in [-0.25, -0.2) is 0 Å². The van der Waals surface area contributed by atoms with E-state index in [9.17, 15) is 9.90 Å². The van der Waals surface area contributed by atoms with Crippen molar-refractivity contribution in [3.05, 3.63) is 76.4 Å². The molecule has 0 spiro atoms. The van der Waals surface area contributed by atoms with E-state index in [1.165, 1.54) is 19.3 Å². The van der Waals surface area contributed by atoms with E-state index >= 15 is 0 Å². The smallest absolute Gasteiger partial charge is 0.185 e. The monoisotopic (exact) mass is 466 g/mol. The van der Waals surface area contributed by atoms with E-state index < -0.39 is 6.10 Å². The normalized spacial score (nSPS) is 16.3. The standard InChI is InChI=1S/C25H27BrN2O2/c26-21-11-8-19(9-12-21)25(30)13-10-20-16-28(24-7-3-2-6-23(20)24)18-22(29)17-27-14-4-1-5-15-27/h2-3,6-13,16,22,29H,1,4-5,14-15,17-18H2/b13-10+/t22-/m1/s1. The number of carbonyl (C=O) groups excluding carboxylic acids is 1. The second-order valence-electron chi connectivity index (χ2n) is 7.97. The van der Waals surface area contributed by atoms with E-state index in [1.807, 2.05) is 48.7 Å². The summed E-state index contributed by atoms with van der Waals surface area (Å²) >= 11 is 3.40. The fourth-order valence-corrected chi connectivity index (χ4v) is 4.42. The first kappa shape index (κ1) is 21.0. The summed E-state index contributed by atoms with van der Waals surface area (Å²) in [6.45, 7) is 3.41. The van der Waals surface area contributed by atoms with Gasteiger partial charge in [0.2, 0.25) is 0 Å². The van der Waals surface area contributed by atoms with Crippen molar-refractivity contribution in [2.75, 3.05) is 19.6 Å². The van der Waals surface area contributed by atoms with Gasteiger partial charge in [0.15, 0.2) is 5.78 Å². The second-order valence-corrected chi connectivity index (χ2v) is 8.89. The van der Waals surface area contributed by atoms with Crippen molar-refractivity contribution in [3.63, 3.8) is 0 Å². The highest BCUT2D eigenvalue weighted by molar-refractivity contribution is 9.10. The average Bonchev–Trinajstić information content (AvgIpc) is 3.10. The number of ketones is 1. The number of hydrogen-bond donors (Lipinski definition) is 1. The fourth-order valence-electron chi connectivity index (χ4n) is 4.16. The maximum Gasteiger partial charge on any atom is 0.185 e. The number of benzene rings is 2. The third-order valence-electron chi connectivity index (χ3n) is 5.69. The quantitative estimate of drug-likeness (QED) is 0.386. The molecule has 1 aliphatic heterocycles. The Morgan fingerprint density at radius 2 is 1.77 bits per heavy atom. The molecule has 1 saturated heterocycles. The number of para-hydroxylation sites is 1. The van der Waals surface area contributed by atoms with Crippen LogP contribution in [0.2, 0.25) is 0 Å². The zero-order chi connectivity index (χ0) is 20.9. The molecule has 0 amide bonds. The summed E-state index contributed by atoms with van der Waals surface area (Å²) < 4.78 is 3.06. The molecule has 0 aliphatic carbocycles. The van der Waals surface area contributed by atoms with E-state index in [2.05, 4.69) is 37.5 Å². The van der Waals surface area contributed by atoms with Crippen LogP contribution < -0.4 is 0 Å². The predicted octanol–water partition coefficient (Wildman–Crippen LogP) is 5.15. The molecule has 4 rings (SSSR count). The summed E-state index contributed by atoms with van der Waals surface area (Å²) in [4.78, 5) is 14.9. The minimum absolute atomic E-state index is 0.0236. The number of piperidine rings is 1. The van der Waals surface area contributed by atoms with Crippen molar-refractivity contribution < 1.29 is 9.90 Å². The Hall–Kier alpha value is -2.21. The Morgan fingerprint density at radius 1 is 1.03 bits per heavy atom. The fraction of sp³-hybridized carbons (Fsp3) is 0.320. The number of hydrogen-bond acceptors (Lipinski definition) is 3. The molecule has 0 unspecified atom stereocenters. The summed E-state index contributed by atoms with van der Waals surface area (Å²) in [5, 5.41) is 11.8. The van der Waals surface area contributed by atoms with Gasteiger partial charge in [-0.1, -0.05) is 40.5 Å². The molecule has 1 aromatic heterocycles. The van der Waals surface area contributed by atoms with Gasteiger partial charge < -0.3 is 14.6 Å². The lowest BCUT2D eigenvalue weighted by molar-refractivity contribution is 0.0892. The summed E-state index contributed by atoms with van der Waals surface area (Å²) in [6.07, 6.45) is 8.86. The van der Waals surface area contributed by atoms with Crippen LogP contribution in [0.15, 0.2) is 65.3 Å². The Morgan fingerprint density at radius 3 is 2.53 bits per heavy atom. The number of aliphatic hydroxyl groups excluding tert-OH is 1. The highest BCUT2D eigenvalue weighted by atomic mass is 79.9. The molecule has 4 nitrogen and oxygen atoms in total. The lowest BCUT2D eigenvalue weighted by atomic mass is 10.1. The van der Waals surface area contributed by atoms with Gasteiger partial charge in [0, 0.05) is 45.8 Å². The van der Waals surface area contributed by atoms with Gasteiger partial charge in [0.25, 0.3) is 0 Å². The van der Waals surface area contributed by atoms with Crippen LogP contribution in [-0.2, 0) is 6.54 Å². The van der Waals surface area contributed by atoms with Crippen LogP contribution in [-0.4, -0.2) is 46.1 Å². The zero-order valence-electron chi connectivity index (χ0n) is 17.0. The first-order valence-electron chi connectivity index (χ1n) is 10.6. The van der Waals surface area contributed by atoms with Crippen LogP contribution in [0.1, 0.15) is 35.2 Å². The zero-order valence-corrected chi connectivity index (χ0v) is 18.6. The predicted molar refractivity (Wildman–Crippen MR) is 126 cm³/mol. The van der Waals surface area contributed by atoms with Crippen molar-refractivity contribution in [1.82, 2.24) is 9.47 Å². The molecule has 1 aliphatic rings. The summed E-state index contributed by atoms with van der Waals surface area (Å²) in [5.41, 5.74) is 2.72. The molecule has 2 aromatic carbocycles. The SMILES string of the molecule is O=C(/C=C/c1cn(C[C@H](O)CN2CCCCC2)c2ccccc12)c1ccc(Br)cc1. The van der Waals surface area contributed by atoms with E-state index in [4.69, 9.17) is 0 Å². The first-order valence-corrected chi connectivity index (χ1v) is 11.4. The molecule has 0 bridgehead atoms. The number of β-amino-alcohol motifs (C(OH)–C–C–N with tert-alkyl or cyclic N) is 1. The molecule has 3 aromatic rings. The molecule has 156 valence electrons. The number of halogens is 1. The molecular weight excluding hydrogens is 440 g/mol. The number of nitrogens with zero attached hydrogens (tertiary/aromatic N) is 2. The van der Waals surface area contributed by atoms with Crippen LogP contribution >= 0.6 is 15.9 Å². The van der Waals surface area contributed by atoms with Gasteiger partial charge >= 0.3 is 0 Å². The Labute approximate surface area is 185 Å². The maximum atomic E-state index is 12.5. The van der Waals surface area contributed by atoms with Gasteiger partial charge in [-0.05, 0) is 68.4 Å². The average molecular weight is 467 g/mol. The van der Waals surface area contributed by atoms with Crippen LogP contribution in [0.5, 0.6) is 0 Å². The number of aliphatic hydroxyl groups is 1. The molecule has 1 atom stereocenters. The van der Waals surface area contributed by atoms with Crippen molar-refractivity contribution in [3.8, 4) is 0 Å². The Bertz CT molecular complexity index is 1030. The molecular formula is C25H27BrN2O2.